The molecule has 2 aromatic rings. The van der Waals surface area contributed by atoms with E-state index in [1.165, 1.54) is 12.1 Å². The number of pyridine rings is 1. The summed E-state index contributed by atoms with van der Waals surface area (Å²) in [6, 6.07) is 11.6. The van der Waals surface area contributed by atoms with Gasteiger partial charge in [0.1, 0.15) is 5.92 Å². The minimum Gasteiger partial charge on any atom is -0.329 e. The molecule has 0 bridgehead atoms. The van der Waals surface area contributed by atoms with Crippen LogP contribution in [-0.4, -0.2) is 27.8 Å². The van der Waals surface area contributed by atoms with E-state index >= 15 is 0 Å². The molecule has 0 saturated heterocycles. The molecule has 0 spiro atoms. The van der Waals surface area contributed by atoms with Gasteiger partial charge in [-0.1, -0.05) is 36.6 Å². The first-order valence-corrected chi connectivity index (χ1v) is 7.74. The molecule has 1 aliphatic heterocycles. The van der Waals surface area contributed by atoms with E-state index in [1.54, 1.807) is 36.5 Å². The second-order valence-corrected chi connectivity index (χ2v) is 5.46. The summed E-state index contributed by atoms with van der Waals surface area (Å²) in [5.41, 5.74) is 1.03. The second-order valence-electron chi connectivity index (χ2n) is 5.46. The summed E-state index contributed by atoms with van der Waals surface area (Å²) >= 11 is 0. The number of carbonyl (C=O) groups is 3. The quantitative estimate of drug-likeness (QED) is 0.790. The van der Waals surface area contributed by atoms with E-state index in [0.29, 0.717) is 17.2 Å². The van der Waals surface area contributed by atoms with Gasteiger partial charge in [0.2, 0.25) is 0 Å². The molecular weight excluding hydrogens is 308 g/mol. The molecule has 122 valence electrons. The molecule has 6 nitrogen and oxygen atoms in total. The number of rotatable bonds is 5. The molecule has 1 aliphatic rings. The molecule has 0 radical (unpaired) electrons. The van der Waals surface area contributed by atoms with Gasteiger partial charge in [0.25, 0.3) is 11.8 Å². The van der Waals surface area contributed by atoms with Gasteiger partial charge in [-0.15, -0.1) is 0 Å². The molecule has 1 unspecified atom stereocenters. The zero-order valence-corrected chi connectivity index (χ0v) is 13.1. The van der Waals surface area contributed by atoms with Crippen LogP contribution in [0.4, 0.5) is 0 Å². The zero-order valence-electron chi connectivity index (χ0n) is 13.1. The Hall–Kier alpha value is -3.02. The Bertz CT molecular complexity index is 754. The highest BCUT2D eigenvalue weighted by molar-refractivity contribution is 6.20. The summed E-state index contributed by atoms with van der Waals surface area (Å²) in [4.78, 5) is 46.4. The Kier molecular flexibility index (Phi) is 4.37. The van der Waals surface area contributed by atoms with Crippen LogP contribution in [0.5, 0.6) is 0 Å². The third kappa shape index (κ3) is 2.78. The third-order valence-corrected chi connectivity index (χ3v) is 3.84. The van der Waals surface area contributed by atoms with E-state index in [2.05, 4.69) is 4.98 Å². The maximum absolute atomic E-state index is 12.5. The molecular formula is C18H16N2O4. The van der Waals surface area contributed by atoms with Crippen molar-refractivity contribution in [3.8, 4) is 0 Å². The standard InChI is InChI=1S/C18H16N2O4/c1-2-7-14(15-10-5-6-11-19-15)18(23)24-20-16(21)12-8-3-4-9-13(12)17(20)22/h3-6,8-11,14H,2,7H2,1H3. The third-order valence-electron chi connectivity index (χ3n) is 3.84. The van der Waals surface area contributed by atoms with Gasteiger partial charge in [0.15, 0.2) is 0 Å². The maximum atomic E-state index is 12.5. The van der Waals surface area contributed by atoms with E-state index in [4.69, 9.17) is 4.84 Å². The first-order chi connectivity index (χ1) is 11.6. The number of carbonyl (C=O) groups excluding carboxylic acids is 3. The number of benzene rings is 1. The number of nitrogens with zero attached hydrogens (tertiary/aromatic N) is 2. The monoisotopic (exact) mass is 324 g/mol. The Morgan fingerprint density at radius 2 is 1.71 bits per heavy atom. The topological polar surface area (TPSA) is 76.6 Å². The molecule has 1 aromatic heterocycles. The van der Waals surface area contributed by atoms with Crippen LogP contribution in [0.3, 0.4) is 0 Å². The van der Waals surface area contributed by atoms with Crippen LogP contribution in [0, 0.1) is 0 Å². The van der Waals surface area contributed by atoms with Crippen LogP contribution < -0.4 is 0 Å². The molecule has 24 heavy (non-hydrogen) atoms. The largest absolute Gasteiger partial charge is 0.342 e. The average Bonchev–Trinajstić information content (AvgIpc) is 2.85. The number of hydroxylamine groups is 2. The Morgan fingerprint density at radius 3 is 2.25 bits per heavy atom. The average molecular weight is 324 g/mol. The van der Waals surface area contributed by atoms with Gasteiger partial charge in [0.05, 0.1) is 16.8 Å². The number of imide groups is 1. The van der Waals surface area contributed by atoms with E-state index in [1.807, 2.05) is 6.92 Å². The highest BCUT2D eigenvalue weighted by Gasteiger charge is 2.40. The fourth-order valence-corrected chi connectivity index (χ4v) is 2.66. The van der Waals surface area contributed by atoms with Gasteiger partial charge in [-0.2, -0.15) is 0 Å². The Labute approximate surface area is 139 Å². The van der Waals surface area contributed by atoms with Crippen molar-refractivity contribution >= 4 is 17.8 Å². The number of aromatic nitrogens is 1. The van der Waals surface area contributed by atoms with Crippen LogP contribution in [0.25, 0.3) is 0 Å². The van der Waals surface area contributed by atoms with Gasteiger partial charge in [-0.3, -0.25) is 14.6 Å². The smallest absolute Gasteiger partial charge is 0.329 e. The predicted molar refractivity (Wildman–Crippen MR) is 84.9 cm³/mol. The van der Waals surface area contributed by atoms with Crippen LogP contribution >= 0.6 is 0 Å². The first-order valence-electron chi connectivity index (χ1n) is 7.74. The van der Waals surface area contributed by atoms with E-state index in [9.17, 15) is 14.4 Å². The molecule has 0 saturated carbocycles. The van der Waals surface area contributed by atoms with Gasteiger partial charge >= 0.3 is 5.97 Å². The van der Waals surface area contributed by atoms with Crippen molar-refractivity contribution in [3.63, 3.8) is 0 Å². The minimum atomic E-state index is -0.662. The lowest BCUT2D eigenvalue weighted by Gasteiger charge is -2.18. The van der Waals surface area contributed by atoms with Crippen LogP contribution in [0.15, 0.2) is 48.7 Å². The molecule has 6 heteroatoms. The van der Waals surface area contributed by atoms with Gasteiger partial charge in [-0.05, 0) is 30.7 Å². The van der Waals surface area contributed by atoms with E-state index < -0.39 is 23.7 Å². The summed E-state index contributed by atoms with van der Waals surface area (Å²) in [6.45, 7) is 1.94. The zero-order chi connectivity index (χ0) is 17.1. The molecule has 1 aromatic carbocycles. The normalized spacial score (nSPS) is 14.5. The summed E-state index contributed by atoms with van der Waals surface area (Å²) < 4.78 is 0. The van der Waals surface area contributed by atoms with Gasteiger partial charge in [0, 0.05) is 6.20 Å². The van der Waals surface area contributed by atoms with Crippen molar-refractivity contribution in [2.24, 2.45) is 0 Å². The molecule has 0 aliphatic carbocycles. The number of amides is 2. The lowest BCUT2D eigenvalue weighted by Crippen LogP contribution is -2.34. The first kappa shape index (κ1) is 15.9. The van der Waals surface area contributed by atoms with Gasteiger partial charge < -0.3 is 4.84 Å². The second kappa shape index (κ2) is 6.62. The van der Waals surface area contributed by atoms with Crippen LogP contribution in [0.2, 0.25) is 0 Å². The van der Waals surface area contributed by atoms with Crippen molar-refractivity contribution < 1.29 is 19.2 Å². The maximum Gasteiger partial charge on any atom is 0.342 e. The fourth-order valence-electron chi connectivity index (χ4n) is 2.66. The number of hydrogen-bond acceptors (Lipinski definition) is 5. The lowest BCUT2D eigenvalue weighted by molar-refractivity contribution is -0.170. The number of hydrogen-bond donors (Lipinski definition) is 0. The molecule has 2 amide bonds. The molecule has 0 N–H and O–H groups in total. The Balaban J connectivity index is 1.81. The Morgan fingerprint density at radius 1 is 1.08 bits per heavy atom. The summed E-state index contributed by atoms with van der Waals surface area (Å²) in [5.74, 6) is -2.54. The fraction of sp³-hybridized carbons (Fsp3) is 0.222. The van der Waals surface area contributed by atoms with Crippen molar-refractivity contribution in [1.82, 2.24) is 10.0 Å². The SMILES string of the molecule is CCCC(C(=O)ON1C(=O)c2ccccc2C1=O)c1ccccn1. The molecule has 3 rings (SSSR count). The summed E-state index contributed by atoms with van der Waals surface area (Å²) in [5, 5.41) is 0.540. The summed E-state index contributed by atoms with van der Waals surface area (Å²) in [7, 11) is 0. The van der Waals surface area contributed by atoms with Crippen molar-refractivity contribution in [3.05, 3.63) is 65.5 Å². The molecule has 2 heterocycles. The summed E-state index contributed by atoms with van der Waals surface area (Å²) in [6.07, 6.45) is 2.84. The van der Waals surface area contributed by atoms with E-state index in [-0.39, 0.29) is 11.1 Å². The van der Waals surface area contributed by atoms with E-state index in [0.717, 1.165) is 6.42 Å². The van der Waals surface area contributed by atoms with Gasteiger partial charge in [-0.25, -0.2) is 4.79 Å². The molecule has 0 fully saturated rings. The lowest BCUT2D eigenvalue weighted by atomic mass is 9.99. The number of fused-ring (bicyclic) bond motifs is 1. The van der Waals surface area contributed by atoms with Crippen molar-refractivity contribution in [2.45, 2.75) is 25.7 Å². The predicted octanol–water partition coefficient (Wildman–Crippen LogP) is 2.72. The van der Waals surface area contributed by atoms with Crippen LogP contribution in [0.1, 0.15) is 52.1 Å². The highest BCUT2D eigenvalue weighted by atomic mass is 16.7. The van der Waals surface area contributed by atoms with Crippen molar-refractivity contribution in [2.75, 3.05) is 0 Å². The molecule has 1 atom stereocenters. The minimum absolute atomic E-state index is 0.236. The van der Waals surface area contributed by atoms with Crippen LogP contribution in [-0.2, 0) is 9.63 Å². The van der Waals surface area contributed by atoms with Crippen molar-refractivity contribution in [1.29, 1.82) is 0 Å². The highest BCUT2D eigenvalue weighted by Crippen LogP contribution is 2.26.